The molecule has 1 amide bonds. The van der Waals surface area contributed by atoms with E-state index in [1.807, 2.05) is 39.3 Å². The molecular formula is C25H24ClN7O. The number of carbonyl (C=O) groups is 1. The van der Waals surface area contributed by atoms with Crippen LogP contribution < -0.4 is 5.73 Å². The fourth-order valence-corrected chi connectivity index (χ4v) is 4.84. The van der Waals surface area contributed by atoms with E-state index < -0.39 is 0 Å². The highest BCUT2D eigenvalue weighted by molar-refractivity contribution is 6.32. The van der Waals surface area contributed by atoms with Crippen molar-refractivity contribution >= 4 is 45.3 Å². The lowest BCUT2D eigenvalue weighted by Gasteiger charge is -2.19. The molecule has 4 aromatic rings. The highest BCUT2D eigenvalue weighted by atomic mass is 35.5. The fraction of sp³-hybridized carbons (Fsp3) is 0.280. The van der Waals surface area contributed by atoms with Crippen molar-refractivity contribution in [1.29, 1.82) is 0 Å². The minimum absolute atomic E-state index is 0.00306. The van der Waals surface area contributed by atoms with Gasteiger partial charge in [-0.2, -0.15) is 5.10 Å². The second kappa shape index (κ2) is 8.50. The van der Waals surface area contributed by atoms with Crippen molar-refractivity contribution in [2.24, 2.45) is 0 Å². The number of aromatic nitrogens is 5. The minimum atomic E-state index is -0.0804. The summed E-state index contributed by atoms with van der Waals surface area (Å²) in [4.78, 5) is 22.7. The molecule has 1 aliphatic heterocycles. The van der Waals surface area contributed by atoms with Gasteiger partial charge < -0.3 is 15.2 Å². The van der Waals surface area contributed by atoms with Crippen LogP contribution in [0.1, 0.15) is 37.6 Å². The van der Waals surface area contributed by atoms with Gasteiger partial charge in [0.25, 0.3) is 0 Å². The zero-order valence-corrected chi connectivity index (χ0v) is 19.8. The van der Waals surface area contributed by atoms with Crippen molar-refractivity contribution in [1.82, 2.24) is 29.2 Å². The van der Waals surface area contributed by atoms with Crippen LogP contribution in [-0.4, -0.2) is 47.7 Å². The van der Waals surface area contributed by atoms with Crippen LogP contribution in [0.5, 0.6) is 0 Å². The number of amides is 1. The summed E-state index contributed by atoms with van der Waals surface area (Å²) in [6, 6.07) is 5.72. The Bertz CT molecular complexity index is 1510. The second-order valence-electron chi connectivity index (χ2n) is 8.42. The zero-order chi connectivity index (χ0) is 24.0. The molecule has 0 unspecified atom stereocenters. The number of pyridine rings is 1. The molecule has 1 saturated heterocycles. The first-order valence-corrected chi connectivity index (χ1v) is 11.5. The van der Waals surface area contributed by atoms with Gasteiger partial charge >= 0.3 is 0 Å². The quantitative estimate of drug-likeness (QED) is 0.361. The Morgan fingerprint density at radius 3 is 2.91 bits per heavy atom. The number of fused-ring (bicyclic) bond motifs is 2. The maximum absolute atomic E-state index is 12.2. The third-order valence-electron chi connectivity index (χ3n) is 6.37. The summed E-state index contributed by atoms with van der Waals surface area (Å²) in [5.41, 5.74) is 10.1. The zero-order valence-electron chi connectivity index (χ0n) is 19.0. The number of hydrogen-bond acceptors (Lipinski definition) is 5. The SMILES string of the molecule is C=CC(=O)N1C[C@@H](n2nc(C#Cc3cc4ncn(CC)c4cc3Cl)c3c(N)nccc32)C[C@@H]1C. The molecule has 0 aliphatic carbocycles. The number of hydrogen-bond donors (Lipinski definition) is 1. The number of nitrogens with zero attached hydrogens (tertiary/aromatic N) is 6. The minimum Gasteiger partial charge on any atom is -0.383 e. The molecule has 3 aromatic heterocycles. The average Bonchev–Trinajstić information content (AvgIpc) is 3.52. The Morgan fingerprint density at radius 2 is 2.15 bits per heavy atom. The van der Waals surface area contributed by atoms with Gasteiger partial charge in [0.2, 0.25) is 5.91 Å². The van der Waals surface area contributed by atoms with E-state index in [4.69, 9.17) is 22.4 Å². The van der Waals surface area contributed by atoms with Crippen LogP contribution in [0.2, 0.25) is 5.02 Å². The molecule has 1 aromatic carbocycles. The molecule has 34 heavy (non-hydrogen) atoms. The number of rotatable bonds is 3. The van der Waals surface area contributed by atoms with Gasteiger partial charge in [-0.15, -0.1) is 0 Å². The predicted octanol–water partition coefficient (Wildman–Crippen LogP) is 3.78. The summed E-state index contributed by atoms with van der Waals surface area (Å²) in [5.74, 6) is 6.58. The topological polar surface area (TPSA) is 94.9 Å². The number of carbonyl (C=O) groups excluding carboxylic acids is 1. The van der Waals surface area contributed by atoms with Crippen LogP contribution in [0.25, 0.3) is 21.9 Å². The van der Waals surface area contributed by atoms with Crippen LogP contribution >= 0.6 is 11.6 Å². The van der Waals surface area contributed by atoms with Crippen molar-refractivity contribution in [2.75, 3.05) is 12.3 Å². The van der Waals surface area contributed by atoms with E-state index in [1.54, 1.807) is 12.5 Å². The summed E-state index contributed by atoms with van der Waals surface area (Å²) in [6.07, 6.45) is 5.58. The molecular weight excluding hydrogens is 450 g/mol. The van der Waals surface area contributed by atoms with Crippen molar-refractivity contribution in [3.63, 3.8) is 0 Å². The number of anilines is 1. The van der Waals surface area contributed by atoms with Crippen LogP contribution in [0, 0.1) is 11.8 Å². The standard InChI is InChI=1S/C25H24ClN7O/c1-4-23(34)32-13-17(10-15(32)3)33-21-8-9-28-25(27)24(21)19(30-33)7-6-16-11-20-22(12-18(16)26)31(5-2)14-29-20/h4,8-9,11-12,14-15,17H,1,5,10,13H2,2-3H3,(H2,27,28)/t15-,17-/m0/s1. The number of halogens is 1. The number of aryl methyl sites for hydroxylation is 1. The normalized spacial score (nSPS) is 17.8. The third kappa shape index (κ3) is 3.58. The molecule has 4 heterocycles. The molecule has 1 fully saturated rings. The highest BCUT2D eigenvalue weighted by Crippen LogP contribution is 2.32. The third-order valence-corrected chi connectivity index (χ3v) is 6.68. The van der Waals surface area contributed by atoms with Crippen molar-refractivity contribution < 1.29 is 4.79 Å². The molecule has 9 heteroatoms. The maximum atomic E-state index is 12.2. The van der Waals surface area contributed by atoms with E-state index >= 15 is 0 Å². The second-order valence-corrected chi connectivity index (χ2v) is 8.83. The van der Waals surface area contributed by atoms with Gasteiger partial charge in [0.05, 0.1) is 39.3 Å². The van der Waals surface area contributed by atoms with Gasteiger partial charge in [0, 0.05) is 30.9 Å². The molecule has 0 bridgehead atoms. The Balaban J connectivity index is 1.57. The lowest BCUT2D eigenvalue weighted by atomic mass is 10.1. The Kier molecular flexibility index (Phi) is 5.50. The largest absolute Gasteiger partial charge is 0.383 e. The maximum Gasteiger partial charge on any atom is 0.246 e. The number of imidazole rings is 1. The van der Waals surface area contributed by atoms with Crippen molar-refractivity contribution in [3.8, 4) is 11.8 Å². The average molecular weight is 474 g/mol. The fourth-order valence-electron chi connectivity index (χ4n) is 4.64. The molecule has 0 spiro atoms. The molecule has 8 nitrogen and oxygen atoms in total. The van der Waals surface area contributed by atoms with Crippen LogP contribution in [0.4, 0.5) is 5.82 Å². The summed E-state index contributed by atoms with van der Waals surface area (Å²) >= 11 is 6.54. The highest BCUT2D eigenvalue weighted by Gasteiger charge is 2.34. The van der Waals surface area contributed by atoms with Gasteiger partial charge in [0.1, 0.15) is 11.5 Å². The van der Waals surface area contributed by atoms with Gasteiger partial charge in [-0.25, -0.2) is 9.97 Å². The van der Waals surface area contributed by atoms with E-state index in [9.17, 15) is 4.79 Å². The Hall–Kier alpha value is -3.83. The van der Waals surface area contributed by atoms with Gasteiger partial charge in [-0.1, -0.05) is 24.1 Å². The summed E-state index contributed by atoms with van der Waals surface area (Å²) in [7, 11) is 0. The number of likely N-dealkylation sites (tertiary alicyclic amines) is 1. The van der Waals surface area contributed by atoms with Crippen molar-refractivity contribution in [3.05, 3.63) is 59.7 Å². The van der Waals surface area contributed by atoms with Gasteiger partial charge in [0.15, 0.2) is 0 Å². The van der Waals surface area contributed by atoms with Gasteiger partial charge in [-0.3, -0.25) is 9.48 Å². The van der Waals surface area contributed by atoms with E-state index in [-0.39, 0.29) is 18.0 Å². The first kappa shape index (κ1) is 22.0. The number of nitrogen functional groups attached to an aromatic ring is 1. The number of nitrogens with two attached hydrogens (primary N) is 1. The monoisotopic (exact) mass is 473 g/mol. The molecule has 2 atom stereocenters. The molecule has 2 N–H and O–H groups in total. The van der Waals surface area contributed by atoms with E-state index in [0.717, 1.165) is 29.5 Å². The van der Waals surface area contributed by atoms with Crippen LogP contribution in [0.15, 0.2) is 43.4 Å². The summed E-state index contributed by atoms with van der Waals surface area (Å²) in [5, 5.41) is 6.05. The molecule has 5 rings (SSSR count). The lowest BCUT2D eigenvalue weighted by Crippen LogP contribution is -2.32. The van der Waals surface area contributed by atoms with E-state index in [1.165, 1.54) is 6.08 Å². The van der Waals surface area contributed by atoms with Crippen molar-refractivity contribution in [2.45, 2.75) is 38.9 Å². The number of benzene rings is 1. The summed E-state index contributed by atoms with van der Waals surface area (Å²) < 4.78 is 3.95. The van der Waals surface area contributed by atoms with Gasteiger partial charge in [-0.05, 0) is 50.5 Å². The Labute approximate surface area is 202 Å². The van der Waals surface area contributed by atoms with E-state index in [2.05, 4.69) is 35.3 Å². The molecule has 1 aliphatic rings. The summed E-state index contributed by atoms with van der Waals surface area (Å²) in [6.45, 7) is 9.05. The van der Waals surface area contributed by atoms with Crippen LogP contribution in [0.3, 0.4) is 0 Å². The van der Waals surface area contributed by atoms with E-state index in [0.29, 0.717) is 34.0 Å². The Morgan fingerprint density at radius 1 is 1.32 bits per heavy atom. The molecule has 0 radical (unpaired) electrons. The first-order chi connectivity index (χ1) is 16.4. The van der Waals surface area contributed by atoms with Crippen LogP contribution in [-0.2, 0) is 11.3 Å². The smallest absolute Gasteiger partial charge is 0.246 e. The predicted molar refractivity (Wildman–Crippen MR) is 133 cm³/mol. The molecule has 0 saturated carbocycles. The molecule has 172 valence electrons. The first-order valence-electron chi connectivity index (χ1n) is 11.1. The lowest BCUT2D eigenvalue weighted by molar-refractivity contribution is -0.126.